The molecule has 0 radical (unpaired) electrons. The van der Waals surface area contributed by atoms with E-state index in [2.05, 4.69) is 0 Å². The van der Waals surface area contributed by atoms with E-state index in [1.807, 2.05) is 32.0 Å². The molecule has 0 aliphatic heterocycles. The van der Waals surface area contributed by atoms with Crippen LogP contribution in [0.15, 0.2) is 18.2 Å². The third-order valence-corrected chi connectivity index (χ3v) is 5.46. The van der Waals surface area contributed by atoms with Gasteiger partial charge in [-0.25, -0.2) is 8.42 Å². The summed E-state index contributed by atoms with van der Waals surface area (Å²) in [6.45, 7) is 9.26. The SMILES string of the molecule is Cc1ccc(C)c(OCCS(=O)(=O)C(C)(C)C)c1. The third-order valence-electron chi connectivity index (χ3n) is 2.89. The molecule has 0 spiro atoms. The minimum atomic E-state index is -3.12. The van der Waals surface area contributed by atoms with Gasteiger partial charge < -0.3 is 4.74 Å². The van der Waals surface area contributed by atoms with Gasteiger partial charge in [0.2, 0.25) is 0 Å². The van der Waals surface area contributed by atoms with Crippen LogP contribution in [0.5, 0.6) is 5.75 Å². The predicted molar refractivity (Wildman–Crippen MR) is 75.0 cm³/mol. The Labute approximate surface area is 110 Å². The molecule has 0 heterocycles. The maximum Gasteiger partial charge on any atom is 0.158 e. The van der Waals surface area contributed by atoms with E-state index >= 15 is 0 Å². The van der Waals surface area contributed by atoms with Crippen molar-refractivity contribution in [3.8, 4) is 5.75 Å². The zero-order valence-electron chi connectivity index (χ0n) is 11.8. The maximum absolute atomic E-state index is 11.9. The number of sulfone groups is 1. The zero-order valence-corrected chi connectivity index (χ0v) is 12.6. The second kappa shape index (κ2) is 5.31. The van der Waals surface area contributed by atoms with Crippen molar-refractivity contribution >= 4 is 9.84 Å². The third kappa shape index (κ3) is 3.73. The van der Waals surface area contributed by atoms with Gasteiger partial charge in [-0.05, 0) is 51.8 Å². The molecule has 0 atom stereocenters. The van der Waals surface area contributed by atoms with Gasteiger partial charge in [0.1, 0.15) is 12.4 Å². The van der Waals surface area contributed by atoms with Crippen LogP contribution in [0.2, 0.25) is 0 Å². The smallest absolute Gasteiger partial charge is 0.158 e. The fraction of sp³-hybridized carbons (Fsp3) is 0.571. The molecule has 0 bridgehead atoms. The van der Waals surface area contributed by atoms with Gasteiger partial charge >= 0.3 is 0 Å². The van der Waals surface area contributed by atoms with Crippen molar-refractivity contribution in [3.05, 3.63) is 29.3 Å². The molecule has 0 aromatic heterocycles. The second-order valence-electron chi connectivity index (χ2n) is 5.55. The lowest BCUT2D eigenvalue weighted by Gasteiger charge is -2.19. The normalized spacial score (nSPS) is 12.5. The van der Waals surface area contributed by atoms with E-state index in [1.165, 1.54) is 0 Å². The van der Waals surface area contributed by atoms with Crippen molar-refractivity contribution in [3.63, 3.8) is 0 Å². The van der Waals surface area contributed by atoms with Crippen LogP contribution in [0, 0.1) is 13.8 Å². The molecule has 4 heteroatoms. The molecule has 0 fully saturated rings. The van der Waals surface area contributed by atoms with E-state index < -0.39 is 14.6 Å². The van der Waals surface area contributed by atoms with Crippen LogP contribution in [0.25, 0.3) is 0 Å². The number of hydrogen-bond acceptors (Lipinski definition) is 3. The van der Waals surface area contributed by atoms with Gasteiger partial charge in [0.25, 0.3) is 0 Å². The van der Waals surface area contributed by atoms with Crippen molar-refractivity contribution in [2.45, 2.75) is 39.4 Å². The molecule has 102 valence electrons. The van der Waals surface area contributed by atoms with E-state index in [1.54, 1.807) is 20.8 Å². The molecule has 0 saturated carbocycles. The first-order valence-electron chi connectivity index (χ1n) is 6.06. The average Bonchev–Trinajstić information content (AvgIpc) is 2.21. The van der Waals surface area contributed by atoms with Crippen molar-refractivity contribution in [1.82, 2.24) is 0 Å². The van der Waals surface area contributed by atoms with E-state index in [0.29, 0.717) is 0 Å². The number of benzene rings is 1. The first-order chi connectivity index (χ1) is 8.13. The average molecular weight is 270 g/mol. The second-order valence-corrected chi connectivity index (χ2v) is 8.41. The van der Waals surface area contributed by atoms with Gasteiger partial charge in [-0.1, -0.05) is 12.1 Å². The van der Waals surface area contributed by atoms with Crippen molar-refractivity contribution in [1.29, 1.82) is 0 Å². The summed E-state index contributed by atoms with van der Waals surface area (Å²) >= 11 is 0. The Kier molecular flexibility index (Phi) is 4.43. The fourth-order valence-corrected chi connectivity index (χ4v) is 2.35. The molecule has 0 saturated heterocycles. The molecule has 18 heavy (non-hydrogen) atoms. The quantitative estimate of drug-likeness (QED) is 0.845. The van der Waals surface area contributed by atoms with Crippen LogP contribution < -0.4 is 4.74 Å². The summed E-state index contributed by atoms with van der Waals surface area (Å²) in [6, 6.07) is 5.91. The van der Waals surface area contributed by atoms with Gasteiger partial charge in [-0.2, -0.15) is 0 Å². The Hall–Kier alpha value is -1.03. The van der Waals surface area contributed by atoms with Crippen molar-refractivity contribution in [2.24, 2.45) is 0 Å². The van der Waals surface area contributed by atoms with Crippen LogP contribution >= 0.6 is 0 Å². The van der Waals surface area contributed by atoms with Gasteiger partial charge in [-0.15, -0.1) is 0 Å². The highest BCUT2D eigenvalue weighted by atomic mass is 32.2. The molecule has 0 unspecified atom stereocenters. The molecule has 0 aliphatic rings. The standard InChI is InChI=1S/C14H22O3S/c1-11-6-7-12(2)13(10-11)17-8-9-18(15,16)14(3,4)5/h6-7,10H,8-9H2,1-5H3. The summed E-state index contributed by atoms with van der Waals surface area (Å²) in [5, 5.41) is 0. The number of aryl methyl sites for hydroxylation is 2. The van der Waals surface area contributed by atoms with Gasteiger partial charge in [-0.3, -0.25) is 0 Å². The van der Waals surface area contributed by atoms with Crippen molar-refractivity contribution in [2.75, 3.05) is 12.4 Å². The molecule has 0 aliphatic carbocycles. The van der Waals surface area contributed by atoms with Crippen LogP contribution in [0.4, 0.5) is 0 Å². The van der Waals surface area contributed by atoms with Crippen LogP contribution in [-0.4, -0.2) is 25.5 Å². The summed E-state index contributed by atoms with van der Waals surface area (Å²) in [4.78, 5) is 0. The van der Waals surface area contributed by atoms with Crippen LogP contribution in [0.1, 0.15) is 31.9 Å². The Bertz CT molecular complexity index is 510. The molecule has 1 rings (SSSR count). The van der Waals surface area contributed by atoms with Gasteiger partial charge in [0.15, 0.2) is 9.84 Å². The summed E-state index contributed by atoms with van der Waals surface area (Å²) < 4.78 is 28.7. The topological polar surface area (TPSA) is 43.4 Å². The monoisotopic (exact) mass is 270 g/mol. The van der Waals surface area contributed by atoms with E-state index in [-0.39, 0.29) is 12.4 Å². The van der Waals surface area contributed by atoms with Gasteiger partial charge in [0.05, 0.1) is 10.5 Å². The molecule has 0 N–H and O–H groups in total. The molecular formula is C14H22O3S. The molecule has 3 nitrogen and oxygen atoms in total. The Morgan fingerprint density at radius 3 is 2.33 bits per heavy atom. The lowest BCUT2D eigenvalue weighted by molar-refractivity contribution is 0.337. The minimum Gasteiger partial charge on any atom is -0.492 e. The Morgan fingerprint density at radius 2 is 1.78 bits per heavy atom. The number of rotatable bonds is 4. The molecular weight excluding hydrogens is 248 g/mol. The highest BCUT2D eigenvalue weighted by Gasteiger charge is 2.28. The lowest BCUT2D eigenvalue weighted by Crippen LogP contribution is -2.32. The van der Waals surface area contributed by atoms with Crippen molar-refractivity contribution < 1.29 is 13.2 Å². The number of hydrogen-bond donors (Lipinski definition) is 0. The summed E-state index contributed by atoms with van der Waals surface area (Å²) in [5.74, 6) is 0.809. The Balaban J connectivity index is 2.65. The molecule has 0 amide bonds. The largest absolute Gasteiger partial charge is 0.492 e. The summed E-state index contributed by atoms with van der Waals surface area (Å²) in [5.41, 5.74) is 2.13. The van der Waals surface area contributed by atoms with Crippen LogP contribution in [0.3, 0.4) is 0 Å². The molecule has 1 aromatic carbocycles. The minimum absolute atomic E-state index is 0.0455. The highest BCUT2D eigenvalue weighted by Crippen LogP contribution is 2.20. The van der Waals surface area contributed by atoms with E-state index in [4.69, 9.17) is 4.74 Å². The highest BCUT2D eigenvalue weighted by molar-refractivity contribution is 7.92. The Morgan fingerprint density at radius 1 is 1.17 bits per heavy atom. The molecule has 1 aromatic rings. The number of ether oxygens (including phenoxy) is 1. The van der Waals surface area contributed by atoms with E-state index in [0.717, 1.165) is 16.9 Å². The zero-order chi connectivity index (χ0) is 14.0. The predicted octanol–water partition coefficient (Wildman–Crippen LogP) is 2.90. The van der Waals surface area contributed by atoms with E-state index in [9.17, 15) is 8.42 Å². The van der Waals surface area contributed by atoms with Crippen LogP contribution in [-0.2, 0) is 9.84 Å². The first kappa shape index (κ1) is 15.0. The summed E-state index contributed by atoms with van der Waals surface area (Å²) in [7, 11) is -3.12. The maximum atomic E-state index is 11.9. The lowest BCUT2D eigenvalue weighted by atomic mass is 10.1. The summed E-state index contributed by atoms with van der Waals surface area (Å²) in [6.07, 6.45) is 0. The first-order valence-corrected chi connectivity index (χ1v) is 7.71. The fourth-order valence-electron chi connectivity index (χ4n) is 1.43. The van der Waals surface area contributed by atoms with Gasteiger partial charge in [0, 0.05) is 0 Å².